The Kier molecular flexibility index (Phi) is 6.26. The molecule has 1 spiro atoms. The summed E-state index contributed by atoms with van der Waals surface area (Å²) in [5.41, 5.74) is 18.2. The Bertz CT molecular complexity index is 3090. The van der Waals surface area contributed by atoms with Crippen molar-refractivity contribution >= 4 is 49.9 Å². The van der Waals surface area contributed by atoms with Crippen LogP contribution in [0.2, 0.25) is 0 Å². The fraction of sp³-hybridized carbons (Fsp3) is 0.0192. The number of aromatic nitrogens is 1. The van der Waals surface area contributed by atoms with Crippen LogP contribution in [0.15, 0.2) is 199 Å². The Morgan fingerprint density at radius 1 is 0.418 bits per heavy atom. The molecule has 3 heteroatoms. The number of nitrogens with zero attached hydrogens (tertiary/aromatic N) is 2. The number of rotatable bonds is 4. The fourth-order valence-electron chi connectivity index (χ4n) is 9.63. The minimum Gasteiger partial charge on any atom is -0.456 e. The standard InChI is InChI=1S/C52H32N2O/c1-2-11-33(12-3-1)34-20-23-36(24-21-34)54(38-26-28-43-49(32-38)55-48-29-22-35-13-10-30-53-51(35)50(43)48)37-25-27-42-41-16-6-9-19-46(41)52(47(42)31-37)44-17-7-4-14-39(44)40-15-5-8-18-45(40)52/h1-32H. The van der Waals surface area contributed by atoms with Crippen molar-refractivity contribution in [3.8, 4) is 33.4 Å². The summed E-state index contributed by atoms with van der Waals surface area (Å²) in [5.74, 6) is 0. The van der Waals surface area contributed by atoms with Crippen molar-refractivity contribution in [1.82, 2.24) is 4.98 Å². The lowest BCUT2D eigenvalue weighted by Crippen LogP contribution is -2.26. The third-order valence-electron chi connectivity index (χ3n) is 11.9. The predicted molar refractivity (Wildman–Crippen MR) is 225 cm³/mol. The van der Waals surface area contributed by atoms with Crippen molar-refractivity contribution in [3.63, 3.8) is 0 Å². The quantitative estimate of drug-likeness (QED) is 0.183. The number of benzene rings is 8. The van der Waals surface area contributed by atoms with Gasteiger partial charge >= 0.3 is 0 Å². The van der Waals surface area contributed by atoms with E-state index in [1.807, 2.05) is 12.3 Å². The van der Waals surface area contributed by atoms with Gasteiger partial charge in [-0.05, 0) is 110 Å². The minimum absolute atomic E-state index is 0.436. The van der Waals surface area contributed by atoms with Gasteiger partial charge in [-0.3, -0.25) is 4.98 Å². The van der Waals surface area contributed by atoms with E-state index in [0.29, 0.717) is 0 Å². The van der Waals surface area contributed by atoms with Crippen LogP contribution in [-0.4, -0.2) is 4.98 Å². The van der Waals surface area contributed by atoms with E-state index in [4.69, 9.17) is 9.40 Å². The van der Waals surface area contributed by atoms with Crippen LogP contribution in [0.25, 0.3) is 66.2 Å². The maximum Gasteiger partial charge on any atom is 0.137 e. The van der Waals surface area contributed by atoms with Crippen LogP contribution in [0.3, 0.4) is 0 Å². The van der Waals surface area contributed by atoms with Crippen LogP contribution in [0.4, 0.5) is 17.1 Å². The van der Waals surface area contributed by atoms with Crippen molar-refractivity contribution in [2.75, 3.05) is 4.90 Å². The summed E-state index contributed by atoms with van der Waals surface area (Å²) >= 11 is 0. The molecular formula is C52H32N2O. The SMILES string of the molecule is c1ccc(-c2ccc(N(c3ccc4c(c3)C3(c5ccccc5-c5ccccc53)c3ccccc3-4)c3ccc4c(c3)oc3ccc5cccnc5c34)cc2)cc1. The van der Waals surface area contributed by atoms with E-state index in [1.54, 1.807) is 0 Å². The first kappa shape index (κ1) is 30.3. The first-order valence-corrected chi connectivity index (χ1v) is 18.9. The molecule has 0 unspecified atom stereocenters. The van der Waals surface area contributed by atoms with Gasteiger partial charge in [0, 0.05) is 40.1 Å². The number of hydrogen-bond donors (Lipinski definition) is 0. The molecule has 0 atom stereocenters. The second-order valence-corrected chi connectivity index (χ2v) is 14.7. The molecule has 0 saturated carbocycles. The second kappa shape index (κ2) is 11.4. The Balaban J connectivity index is 1.10. The summed E-state index contributed by atoms with van der Waals surface area (Å²) in [6.45, 7) is 0. The van der Waals surface area contributed by atoms with Crippen LogP contribution < -0.4 is 4.90 Å². The van der Waals surface area contributed by atoms with Crippen molar-refractivity contribution in [1.29, 1.82) is 0 Å². The van der Waals surface area contributed by atoms with E-state index in [2.05, 4.69) is 187 Å². The van der Waals surface area contributed by atoms with E-state index in [-0.39, 0.29) is 0 Å². The van der Waals surface area contributed by atoms with Gasteiger partial charge in [-0.15, -0.1) is 0 Å². The van der Waals surface area contributed by atoms with Gasteiger partial charge in [0.05, 0.1) is 16.3 Å². The second-order valence-electron chi connectivity index (χ2n) is 14.7. The van der Waals surface area contributed by atoms with Crippen LogP contribution in [-0.2, 0) is 5.41 Å². The zero-order valence-electron chi connectivity index (χ0n) is 29.8. The van der Waals surface area contributed by atoms with Crippen LogP contribution >= 0.6 is 0 Å². The van der Waals surface area contributed by atoms with Gasteiger partial charge in [-0.1, -0.05) is 127 Å². The number of anilines is 3. The lowest BCUT2D eigenvalue weighted by Gasteiger charge is -2.32. The average Bonchev–Trinajstić information content (AvgIpc) is 3.88. The molecule has 0 N–H and O–H groups in total. The first-order chi connectivity index (χ1) is 27.3. The summed E-state index contributed by atoms with van der Waals surface area (Å²) in [6.07, 6.45) is 1.86. The van der Waals surface area contributed by atoms with Gasteiger partial charge in [0.25, 0.3) is 0 Å². The van der Waals surface area contributed by atoms with E-state index < -0.39 is 5.41 Å². The van der Waals surface area contributed by atoms with E-state index in [1.165, 1.54) is 55.6 Å². The fourth-order valence-corrected chi connectivity index (χ4v) is 9.63. The summed E-state index contributed by atoms with van der Waals surface area (Å²) < 4.78 is 6.60. The van der Waals surface area contributed by atoms with Gasteiger partial charge in [0.1, 0.15) is 11.2 Å². The Morgan fingerprint density at radius 2 is 1.00 bits per heavy atom. The highest BCUT2D eigenvalue weighted by molar-refractivity contribution is 6.17. The highest BCUT2D eigenvalue weighted by Gasteiger charge is 2.51. The molecule has 3 nitrogen and oxygen atoms in total. The lowest BCUT2D eigenvalue weighted by molar-refractivity contribution is 0.669. The summed E-state index contributed by atoms with van der Waals surface area (Å²) in [6, 6.07) is 68.4. The summed E-state index contributed by atoms with van der Waals surface area (Å²) in [5, 5.41) is 3.21. The smallest absolute Gasteiger partial charge is 0.137 e. The molecule has 2 aliphatic carbocycles. The predicted octanol–water partition coefficient (Wildman–Crippen LogP) is 13.6. The van der Waals surface area contributed by atoms with Crippen molar-refractivity contribution < 1.29 is 4.42 Å². The van der Waals surface area contributed by atoms with Crippen LogP contribution in [0.1, 0.15) is 22.3 Å². The molecule has 0 saturated heterocycles. The molecule has 10 aromatic rings. The maximum absolute atomic E-state index is 6.60. The number of pyridine rings is 1. The molecule has 256 valence electrons. The lowest BCUT2D eigenvalue weighted by atomic mass is 9.70. The Morgan fingerprint density at radius 3 is 1.71 bits per heavy atom. The monoisotopic (exact) mass is 700 g/mol. The molecule has 2 aliphatic rings. The van der Waals surface area contributed by atoms with Crippen LogP contribution in [0, 0.1) is 0 Å². The van der Waals surface area contributed by atoms with Gasteiger partial charge in [-0.2, -0.15) is 0 Å². The maximum atomic E-state index is 6.60. The third-order valence-corrected chi connectivity index (χ3v) is 11.9. The number of hydrogen-bond acceptors (Lipinski definition) is 3. The molecule has 8 aromatic carbocycles. The van der Waals surface area contributed by atoms with Gasteiger partial charge in [-0.25, -0.2) is 0 Å². The molecule has 2 aromatic heterocycles. The summed E-state index contributed by atoms with van der Waals surface area (Å²) in [4.78, 5) is 7.14. The first-order valence-electron chi connectivity index (χ1n) is 18.9. The van der Waals surface area contributed by atoms with Crippen molar-refractivity contribution in [2.24, 2.45) is 0 Å². The van der Waals surface area contributed by atoms with Crippen LogP contribution in [0.5, 0.6) is 0 Å². The van der Waals surface area contributed by atoms with E-state index in [9.17, 15) is 0 Å². The largest absolute Gasteiger partial charge is 0.456 e. The van der Waals surface area contributed by atoms with Gasteiger partial charge in [0.2, 0.25) is 0 Å². The number of fused-ring (bicyclic) bond motifs is 15. The molecule has 55 heavy (non-hydrogen) atoms. The molecule has 0 amide bonds. The topological polar surface area (TPSA) is 29.3 Å². The normalized spacial score (nSPS) is 13.2. The average molecular weight is 701 g/mol. The zero-order valence-corrected chi connectivity index (χ0v) is 29.8. The van der Waals surface area contributed by atoms with Gasteiger partial charge in [0.15, 0.2) is 0 Å². The van der Waals surface area contributed by atoms with Gasteiger partial charge < -0.3 is 9.32 Å². The number of furan rings is 1. The molecule has 0 radical (unpaired) electrons. The Hall–Kier alpha value is -7.23. The van der Waals surface area contributed by atoms with Crippen molar-refractivity contribution in [2.45, 2.75) is 5.41 Å². The Labute approximate surface area is 318 Å². The molecule has 2 heterocycles. The highest BCUT2D eigenvalue weighted by atomic mass is 16.3. The molecule has 0 fully saturated rings. The highest BCUT2D eigenvalue weighted by Crippen LogP contribution is 2.63. The third kappa shape index (κ3) is 4.18. The van der Waals surface area contributed by atoms with E-state index in [0.717, 1.165) is 49.9 Å². The molecule has 12 rings (SSSR count). The minimum atomic E-state index is -0.436. The molecular weight excluding hydrogens is 669 g/mol. The van der Waals surface area contributed by atoms with E-state index >= 15 is 0 Å². The van der Waals surface area contributed by atoms with Crippen molar-refractivity contribution in [3.05, 3.63) is 217 Å². The molecule has 0 bridgehead atoms. The summed E-state index contributed by atoms with van der Waals surface area (Å²) in [7, 11) is 0. The zero-order chi connectivity index (χ0) is 36.1. The molecule has 0 aliphatic heterocycles.